The number of benzene rings is 3. The van der Waals surface area contributed by atoms with Crippen molar-refractivity contribution in [3.8, 4) is 17.2 Å². The van der Waals surface area contributed by atoms with Crippen LogP contribution < -0.4 is 14.2 Å². The van der Waals surface area contributed by atoms with Gasteiger partial charge in [-0.25, -0.2) is 14.4 Å². The summed E-state index contributed by atoms with van der Waals surface area (Å²) in [6, 6.07) is 18.9. The lowest BCUT2D eigenvalue weighted by Gasteiger charge is -2.11. The zero-order valence-electron chi connectivity index (χ0n) is 24.8. The van der Waals surface area contributed by atoms with Gasteiger partial charge in [0, 0.05) is 5.57 Å². The van der Waals surface area contributed by atoms with Crippen molar-refractivity contribution >= 4 is 17.9 Å². The highest BCUT2D eigenvalue weighted by atomic mass is 16.5. The molecule has 0 aliphatic heterocycles. The summed E-state index contributed by atoms with van der Waals surface area (Å²) in [5, 5.41) is 0. The van der Waals surface area contributed by atoms with Crippen LogP contribution in [0.15, 0.2) is 78.9 Å². The summed E-state index contributed by atoms with van der Waals surface area (Å²) in [5.74, 6) is 0.232. The minimum atomic E-state index is -0.495. The van der Waals surface area contributed by atoms with Crippen LogP contribution in [-0.2, 0) is 16.0 Å². The molecular weight excluding hydrogens is 532 g/mol. The van der Waals surface area contributed by atoms with E-state index in [1.54, 1.807) is 61.5 Å². The second-order valence-corrected chi connectivity index (χ2v) is 10.2. The van der Waals surface area contributed by atoms with Crippen LogP contribution in [0.4, 0.5) is 0 Å². The van der Waals surface area contributed by atoms with E-state index in [9.17, 15) is 14.4 Å². The average molecular weight is 573 g/mol. The van der Waals surface area contributed by atoms with Crippen molar-refractivity contribution < 1.29 is 33.3 Å². The Balaban J connectivity index is 1.36. The molecule has 0 spiro atoms. The van der Waals surface area contributed by atoms with E-state index >= 15 is 0 Å². The molecule has 7 heteroatoms. The fourth-order valence-electron chi connectivity index (χ4n) is 4.10. The van der Waals surface area contributed by atoms with Crippen LogP contribution >= 0.6 is 0 Å². The molecule has 42 heavy (non-hydrogen) atoms. The highest BCUT2D eigenvalue weighted by molar-refractivity contribution is 5.93. The topological polar surface area (TPSA) is 88.1 Å². The van der Waals surface area contributed by atoms with E-state index in [-0.39, 0.29) is 5.97 Å². The van der Waals surface area contributed by atoms with Crippen molar-refractivity contribution in [3.63, 3.8) is 0 Å². The average Bonchev–Trinajstić information content (AvgIpc) is 2.99. The molecule has 0 fully saturated rings. The van der Waals surface area contributed by atoms with Crippen molar-refractivity contribution in [3.05, 3.63) is 101 Å². The molecule has 0 heterocycles. The SMILES string of the molecule is C=C(C)C(=O)OCCCCCCCCOc1ccc(C(=O)Oc2ccc(C(=O)Oc3ccc(CC)cc3)cc2)cc1C. The monoisotopic (exact) mass is 572 g/mol. The fraction of sp³-hybridized carbons (Fsp3) is 0.343. The molecule has 7 nitrogen and oxygen atoms in total. The van der Waals surface area contributed by atoms with Crippen molar-refractivity contribution in [2.24, 2.45) is 0 Å². The Bertz CT molecular complexity index is 1340. The Hall–Kier alpha value is -4.39. The van der Waals surface area contributed by atoms with Crippen LogP contribution in [-0.4, -0.2) is 31.1 Å². The van der Waals surface area contributed by atoms with Gasteiger partial charge in [-0.2, -0.15) is 0 Å². The molecule has 0 unspecified atom stereocenters. The van der Waals surface area contributed by atoms with Crippen molar-refractivity contribution in [2.45, 2.75) is 65.7 Å². The summed E-state index contributed by atoms with van der Waals surface area (Å²) >= 11 is 0. The molecule has 0 saturated carbocycles. The maximum atomic E-state index is 12.7. The summed E-state index contributed by atoms with van der Waals surface area (Å²) in [6.45, 7) is 10.2. The molecule has 3 aromatic carbocycles. The lowest BCUT2D eigenvalue weighted by molar-refractivity contribution is -0.139. The highest BCUT2D eigenvalue weighted by Gasteiger charge is 2.13. The van der Waals surface area contributed by atoms with E-state index < -0.39 is 11.9 Å². The van der Waals surface area contributed by atoms with Gasteiger partial charge in [0.2, 0.25) is 0 Å². The first-order valence-electron chi connectivity index (χ1n) is 14.5. The van der Waals surface area contributed by atoms with Gasteiger partial charge >= 0.3 is 17.9 Å². The molecule has 0 saturated heterocycles. The zero-order valence-corrected chi connectivity index (χ0v) is 24.8. The van der Waals surface area contributed by atoms with E-state index in [1.165, 1.54) is 0 Å². The Morgan fingerprint density at radius 1 is 0.690 bits per heavy atom. The predicted molar refractivity (Wildman–Crippen MR) is 162 cm³/mol. The maximum absolute atomic E-state index is 12.7. The standard InChI is InChI=1S/C35H40O7/c1-5-27-12-17-30(18-13-27)41-34(37)28-14-19-31(20-15-28)42-35(38)29-16-21-32(26(4)24-29)39-22-10-8-6-7-9-11-23-40-33(36)25(2)3/h12-21,24H,2,5-11,22-23H2,1,3-4H3. The molecule has 3 rings (SSSR count). The first-order chi connectivity index (χ1) is 20.3. The third-order valence-corrected chi connectivity index (χ3v) is 6.63. The predicted octanol–water partition coefficient (Wildman–Crippen LogP) is 7.83. The normalized spacial score (nSPS) is 10.5. The van der Waals surface area contributed by atoms with Crippen LogP contribution in [0.25, 0.3) is 0 Å². The van der Waals surface area contributed by atoms with Gasteiger partial charge in [-0.15, -0.1) is 0 Å². The first kappa shape index (κ1) is 32.1. The van der Waals surface area contributed by atoms with Crippen LogP contribution in [0, 0.1) is 6.92 Å². The fourth-order valence-corrected chi connectivity index (χ4v) is 4.10. The minimum absolute atomic E-state index is 0.327. The van der Waals surface area contributed by atoms with Gasteiger partial charge in [0.25, 0.3) is 0 Å². The Labute approximate surface area is 248 Å². The van der Waals surface area contributed by atoms with Gasteiger partial charge in [0.15, 0.2) is 0 Å². The summed E-state index contributed by atoms with van der Waals surface area (Å²) in [4.78, 5) is 36.5. The van der Waals surface area contributed by atoms with Crippen LogP contribution in [0.1, 0.15) is 84.2 Å². The van der Waals surface area contributed by atoms with E-state index in [1.807, 2.05) is 19.1 Å². The zero-order chi connectivity index (χ0) is 30.3. The number of ether oxygens (including phenoxy) is 4. The largest absolute Gasteiger partial charge is 0.493 e. The number of esters is 3. The number of hydrogen-bond acceptors (Lipinski definition) is 7. The second kappa shape index (κ2) is 16.8. The van der Waals surface area contributed by atoms with E-state index in [4.69, 9.17) is 18.9 Å². The summed E-state index contributed by atoms with van der Waals surface area (Å²) in [5.41, 5.74) is 3.20. The molecule has 0 N–H and O–H groups in total. The molecular formula is C35H40O7. The number of carbonyl (C=O) groups is 3. The van der Waals surface area contributed by atoms with Crippen molar-refractivity contribution in [1.29, 1.82) is 0 Å². The lowest BCUT2D eigenvalue weighted by atomic mass is 10.1. The smallest absolute Gasteiger partial charge is 0.343 e. The number of aryl methyl sites for hydroxylation is 2. The van der Waals surface area contributed by atoms with E-state index in [2.05, 4.69) is 13.5 Å². The molecule has 222 valence electrons. The second-order valence-electron chi connectivity index (χ2n) is 10.2. The molecule has 0 bridgehead atoms. The van der Waals surface area contributed by atoms with Gasteiger partial charge in [0.1, 0.15) is 17.2 Å². The lowest BCUT2D eigenvalue weighted by Crippen LogP contribution is -2.10. The Morgan fingerprint density at radius 2 is 1.21 bits per heavy atom. The molecule has 0 aliphatic carbocycles. The summed E-state index contributed by atoms with van der Waals surface area (Å²) in [7, 11) is 0. The molecule has 0 radical (unpaired) electrons. The number of unbranched alkanes of at least 4 members (excludes halogenated alkanes) is 5. The molecule has 3 aromatic rings. The van der Waals surface area contributed by atoms with E-state index in [0.29, 0.717) is 41.4 Å². The van der Waals surface area contributed by atoms with Gasteiger partial charge in [-0.3, -0.25) is 0 Å². The van der Waals surface area contributed by atoms with Crippen LogP contribution in [0.2, 0.25) is 0 Å². The minimum Gasteiger partial charge on any atom is -0.493 e. The van der Waals surface area contributed by atoms with Crippen molar-refractivity contribution in [1.82, 2.24) is 0 Å². The third kappa shape index (κ3) is 10.5. The van der Waals surface area contributed by atoms with Crippen molar-refractivity contribution in [2.75, 3.05) is 13.2 Å². The van der Waals surface area contributed by atoms with Crippen LogP contribution in [0.3, 0.4) is 0 Å². The van der Waals surface area contributed by atoms with Gasteiger partial charge < -0.3 is 18.9 Å². The quantitative estimate of drug-likeness (QED) is 0.0748. The Morgan fingerprint density at radius 3 is 1.79 bits per heavy atom. The molecule has 0 aromatic heterocycles. The number of hydrogen-bond donors (Lipinski definition) is 0. The first-order valence-corrected chi connectivity index (χ1v) is 14.5. The van der Waals surface area contributed by atoms with Crippen LogP contribution in [0.5, 0.6) is 17.2 Å². The maximum Gasteiger partial charge on any atom is 0.343 e. The highest BCUT2D eigenvalue weighted by Crippen LogP contribution is 2.22. The van der Waals surface area contributed by atoms with Gasteiger partial charge in [0.05, 0.1) is 24.3 Å². The van der Waals surface area contributed by atoms with Gasteiger partial charge in [-0.05, 0) is 98.8 Å². The third-order valence-electron chi connectivity index (χ3n) is 6.63. The summed E-state index contributed by atoms with van der Waals surface area (Å²) in [6.07, 6.45) is 6.95. The Kier molecular flexibility index (Phi) is 12.8. The van der Waals surface area contributed by atoms with E-state index in [0.717, 1.165) is 61.8 Å². The summed E-state index contributed by atoms with van der Waals surface area (Å²) < 4.78 is 21.9. The number of rotatable bonds is 16. The molecule has 0 atom stereocenters. The van der Waals surface area contributed by atoms with Gasteiger partial charge in [-0.1, -0.05) is 51.3 Å². The molecule has 0 aliphatic rings. The number of carbonyl (C=O) groups excluding carboxylic acids is 3. The molecule has 0 amide bonds.